The second-order valence-electron chi connectivity index (χ2n) is 5.73. The van der Waals surface area contributed by atoms with E-state index in [-0.39, 0.29) is 12.5 Å². The van der Waals surface area contributed by atoms with Gasteiger partial charge in [0, 0.05) is 36.6 Å². The number of benzene rings is 1. The molecule has 1 aromatic rings. The molecule has 0 saturated carbocycles. The molecule has 1 aromatic carbocycles. The number of halogens is 1. The predicted molar refractivity (Wildman–Crippen MR) is 86.4 cm³/mol. The van der Waals surface area contributed by atoms with Crippen LogP contribution in [0.5, 0.6) is 0 Å². The number of hydrogen-bond donors (Lipinski definition) is 3. The van der Waals surface area contributed by atoms with Crippen molar-refractivity contribution in [1.29, 1.82) is 0 Å². The monoisotopic (exact) mass is 340 g/mol. The van der Waals surface area contributed by atoms with Crippen LogP contribution in [0.25, 0.3) is 0 Å². The molecule has 1 saturated heterocycles. The number of urea groups is 1. The van der Waals surface area contributed by atoms with E-state index in [9.17, 15) is 14.7 Å². The van der Waals surface area contributed by atoms with E-state index >= 15 is 0 Å². The Morgan fingerprint density at radius 1 is 1.26 bits per heavy atom. The van der Waals surface area contributed by atoms with Gasteiger partial charge in [-0.1, -0.05) is 29.8 Å². The molecule has 1 heterocycles. The van der Waals surface area contributed by atoms with E-state index in [1.165, 1.54) is 0 Å². The molecular formula is C16H21ClN2O4. The Kier molecular flexibility index (Phi) is 5.85. The van der Waals surface area contributed by atoms with Gasteiger partial charge in [0.25, 0.3) is 0 Å². The highest BCUT2D eigenvalue weighted by atomic mass is 35.5. The van der Waals surface area contributed by atoms with Gasteiger partial charge in [0.1, 0.15) is 0 Å². The maximum absolute atomic E-state index is 12.0. The van der Waals surface area contributed by atoms with Gasteiger partial charge in [0.15, 0.2) is 0 Å². The Labute approximate surface area is 140 Å². The van der Waals surface area contributed by atoms with E-state index in [1.54, 1.807) is 11.0 Å². The molecule has 0 radical (unpaired) electrons. The minimum absolute atomic E-state index is 0.0343. The molecule has 23 heavy (non-hydrogen) atoms. The molecule has 1 fully saturated rings. The fraction of sp³-hybridized carbons (Fsp3) is 0.500. The van der Waals surface area contributed by atoms with E-state index in [1.807, 2.05) is 18.2 Å². The quantitative estimate of drug-likeness (QED) is 0.717. The Bertz CT molecular complexity index is 571. The van der Waals surface area contributed by atoms with E-state index < -0.39 is 11.6 Å². The fourth-order valence-electron chi connectivity index (χ4n) is 2.73. The zero-order valence-electron chi connectivity index (χ0n) is 12.8. The second kappa shape index (κ2) is 7.66. The van der Waals surface area contributed by atoms with Crippen molar-refractivity contribution in [1.82, 2.24) is 10.2 Å². The number of nitrogens with zero attached hydrogens (tertiary/aromatic N) is 1. The average molecular weight is 341 g/mol. The second-order valence-corrected chi connectivity index (χ2v) is 6.13. The number of amides is 2. The summed E-state index contributed by atoms with van der Waals surface area (Å²) in [6, 6.07) is 6.98. The summed E-state index contributed by atoms with van der Waals surface area (Å²) < 4.78 is 0. The van der Waals surface area contributed by atoms with Crippen LogP contribution in [0.3, 0.4) is 0 Å². The molecule has 7 heteroatoms. The topological polar surface area (TPSA) is 89.9 Å². The molecule has 0 unspecified atom stereocenters. The average Bonchev–Trinajstić information content (AvgIpc) is 2.52. The first kappa shape index (κ1) is 17.6. The molecule has 0 aliphatic carbocycles. The van der Waals surface area contributed by atoms with Gasteiger partial charge < -0.3 is 20.4 Å². The number of rotatable bonds is 5. The van der Waals surface area contributed by atoms with Crippen LogP contribution in [-0.2, 0) is 10.4 Å². The SMILES string of the molecule is O=C(O)CCCNC(=O)N1CCC(O)(c2ccccc2Cl)CC1. The van der Waals surface area contributed by atoms with Crippen molar-refractivity contribution in [2.75, 3.05) is 19.6 Å². The standard InChI is InChI=1S/C16H21ClN2O4/c17-13-5-2-1-4-12(13)16(23)7-10-19(11-8-16)15(22)18-9-3-6-14(20)21/h1-2,4-5,23H,3,6-11H2,(H,18,22)(H,20,21). The summed E-state index contributed by atoms with van der Waals surface area (Å²) in [5.41, 5.74) is -0.318. The number of nitrogens with one attached hydrogen (secondary N) is 1. The lowest BCUT2D eigenvalue weighted by Crippen LogP contribution is -2.49. The number of carbonyl (C=O) groups excluding carboxylic acids is 1. The van der Waals surface area contributed by atoms with Gasteiger partial charge >= 0.3 is 12.0 Å². The van der Waals surface area contributed by atoms with Gasteiger partial charge in [0.05, 0.1) is 5.60 Å². The number of piperidine rings is 1. The van der Waals surface area contributed by atoms with Crippen molar-refractivity contribution < 1.29 is 19.8 Å². The molecule has 0 atom stereocenters. The van der Waals surface area contributed by atoms with Crippen molar-refractivity contribution in [2.24, 2.45) is 0 Å². The van der Waals surface area contributed by atoms with Gasteiger partial charge in [-0.25, -0.2) is 4.79 Å². The third-order valence-electron chi connectivity index (χ3n) is 4.10. The largest absolute Gasteiger partial charge is 0.481 e. The van der Waals surface area contributed by atoms with Gasteiger partial charge in [-0.3, -0.25) is 4.79 Å². The Morgan fingerprint density at radius 2 is 1.91 bits per heavy atom. The fourth-order valence-corrected chi connectivity index (χ4v) is 3.05. The van der Waals surface area contributed by atoms with Crippen LogP contribution in [0.15, 0.2) is 24.3 Å². The lowest BCUT2D eigenvalue weighted by molar-refractivity contribution is -0.137. The number of hydrogen-bond acceptors (Lipinski definition) is 3. The smallest absolute Gasteiger partial charge is 0.317 e. The summed E-state index contributed by atoms with van der Waals surface area (Å²) in [7, 11) is 0. The zero-order valence-corrected chi connectivity index (χ0v) is 13.6. The normalized spacial score (nSPS) is 16.9. The maximum atomic E-state index is 12.0. The minimum atomic E-state index is -1.02. The Balaban J connectivity index is 1.84. The summed E-state index contributed by atoms with van der Waals surface area (Å²) in [6.07, 6.45) is 1.27. The van der Waals surface area contributed by atoms with Gasteiger partial charge in [0.2, 0.25) is 0 Å². The summed E-state index contributed by atoms with van der Waals surface area (Å²) >= 11 is 6.16. The molecule has 1 aliphatic heterocycles. The first-order chi connectivity index (χ1) is 10.9. The van der Waals surface area contributed by atoms with Crippen molar-refractivity contribution >= 4 is 23.6 Å². The predicted octanol–water partition coefficient (Wildman–Crippen LogP) is 2.20. The number of aliphatic carboxylic acids is 1. The van der Waals surface area contributed by atoms with E-state index in [0.29, 0.717) is 49.5 Å². The first-order valence-corrected chi connectivity index (χ1v) is 8.02. The summed E-state index contributed by atoms with van der Waals surface area (Å²) in [4.78, 5) is 24.1. The number of carbonyl (C=O) groups is 2. The van der Waals surface area contributed by atoms with Crippen molar-refractivity contribution in [2.45, 2.75) is 31.3 Å². The van der Waals surface area contributed by atoms with Crippen LogP contribution in [0.2, 0.25) is 5.02 Å². The van der Waals surface area contributed by atoms with Gasteiger partial charge in [-0.2, -0.15) is 0 Å². The lowest BCUT2D eigenvalue weighted by Gasteiger charge is -2.38. The molecular weight excluding hydrogens is 320 g/mol. The highest BCUT2D eigenvalue weighted by molar-refractivity contribution is 6.31. The molecule has 0 aromatic heterocycles. The van der Waals surface area contributed by atoms with Crippen LogP contribution >= 0.6 is 11.6 Å². The van der Waals surface area contributed by atoms with Gasteiger partial charge in [-0.05, 0) is 25.3 Å². The van der Waals surface area contributed by atoms with Crippen LogP contribution < -0.4 is 5.32 Å². The van der Waals surface area contributed by atoms with E-state index in [4.69, 9.17) is 16.7 Å². The molecule has 6 nitrogen and oxygen atoms in total. The molecule has 2 rings (SSSR count). The molecule has 2 amide bonds. The Hall–Kier alpha value is -1.79. The molecule has 0 spiro atoms. The highest BCUT2D eigenvalue weighted by Gasteiger charge is 2.36. The van der Waals surface area contributed by atoms with Crippen LogP contribution in [0.4, 0.5) is 4.79 Å². The molecule has 3 N–H and O–H groups in total. The highest BCUT2D eigenvalue weighted by Crippen LogP contribution is 2.36. The van der Waals surface area contributed by atoms with Crippen molar-refractivity contribution in [3.8, 4) is 0 Å². The van der Waals surface area contributed by atoms with Gasteiger partial charge in [-0.15, -0.1) is 0 Å². The number of carboxylic acid groups (broad SMARTS) is 1. The summed E-state index contributed by atoms with van der Waals surface area (Å²) in [5.74, 6) is -0.873. The number of likely N-dealkylation sites (tertiary alicyclic amines) is 1. The Morgan fingerprint density at radius 3 is 2.52 bits per heavy atom. The molecule has 0 bridgehead atoms. The van der Waals surface area contributed by atoms with Crippen molar-refractivity contribution in [3.05, 3.63) is 34.9 Å². The van der Waals surface area contributed by atoms with Crippen LogP contribution in [-0.4, -0.2) is 46.7 Å². The van der Waals surface area contributed by atoms with Crippen LogP contribution in [0.1, 0.15) is 31.2 Å². The number of carboxylic acids is 1. The third kappa shape index (κ3) is 4.59. The molecule has 126 valence electrons. The molecule has 1 aliphatic rings. The minimum Gasteiger partial charge on any atom is -0.481 e. The van der Waals surface area contributed by atoms with E-state index in [0.717, 1.165) is 0 Å². The third-order valence-corrected chi connectivity index (χ3v) is 4.43. The lowest BCUT2D eigenvalue weighted by atomic mass is 9.84. The summed E-state index contributed by atoms with van der Waals surface area (Å²) in [6.45, 7) is 1.18. The summed E-state index contributed by atoms with van der Waals surface area (Å²) in [5, 5.41) is 22.6. The first-order valence-electron chi connectivity index (χ1n) is 7.64. The maximum Gasteiger partial charge on any atom is 0.317 e. The van der Waals surface area contributed by atoms with Crippen LogP contribution in [0, 0.1) is 0 Å². The van der Waals surface area contributed by atoms with E-state index in [2.05, 4.69) is 5.32 Å². The van der Waals surface area contributed by atoms with Crippen molar-refractivity contribution in [3.63, 3.8) is 0 Å². The zero-order chi connectivity index (χ0) is 16.9. The number of aliphatic hydroxyl groups is 1.